The average Bonchev–Trinajstić information content (AvgIpc) is 3.11. The molecule has 10 heteroatoms. The maximum atomic E-state index is 12.6. The summed E-state index contributed by atoms with van der Waals surface area (Å²) in [4.78, 5) is 34.8. The topological polar surface area (TPSA) is 134 Å². The molecule has 0 spiro atoms. The van der Waals surface area contributed by atoms with Crippen LogP contribution < -0.4 is 5.73 Å². The lowest BCUT2D eigenvalue weighted by atomic mass is 10.0. The Morgan fingerprint density at radius 1 is 0.588 bits per heavy atom. The van der Waals surface area contributed by atoms with Crippen molar-refractivity contribution < 1.29 is 37.6 Å². The van der Waals surface area contributed by atoms with E-state index >= 15 is 0 Å². The van der Waals surface area contributed by atoms with E-state index in [2.05, 4.69) is 38.2 Å². The Morgan fingerprint density at radius 3 is 1.53 bits per heavy atom. The molecule has 0 heterocycles. The lowest BCUT2D eigenvalue weighted by Crippen LogP contribution is -2.29. The van der Waals surface area contributed by atoms with Gasteiger partial charge in [-0.15, -0.1) is 0 Å². The van der Waals surface area contributed by atoms with E-state index in [4.69, 9.17) is 24.3 Å². The number of allylic oxidation sites excluding steroid dienone is 4. The van der Waals surface area contributed by atoms with E-state index in [0.717, 1.165) is 57.8 Å². The first kappa shape index (κ1) is 49.5. The zero-order valence-corrected chi connectivity index (χ0v) is 33.7. The molecule has 1 unspecified atom stereocenters. The second-order valence-electron chi connectivity index (χ2n) is 13.9. The Balaban J connectivity index is 4.18. The molecular formula is C41H78NO8P. The number of hydrogen-bond acceptors (Lipinski definition) is 8. The molecule has 0 aliphatic rings. The fraction of sp³-hybridized carbons (Fsp3) is 0.854. The standard InChI is InChI=1S/C41H78NO8P/c1-3-5-7-9-11-13-15-17-19-21-23-25-27-29-31-33-40(43)47-37-39(38-49-51(45,46)48-36-35-42)50-41(44)34-32-30-28-26-24-22-20-18-16-14-12-10-8-6-4-2/h11,13,17,19,39H,3-10,12,14-16,18,20-38,42H2,1-2H3,(H,45,46)/b13-11-,19-17-/t39-/m0/s1. The highest BCUT2D eigenvalue weighted by Crippen LogP contribution is 2.43. The Morgan fingerprint density at radius 2 is 1.02 bits per heavy atom. The molecule has 0 aromatic carbocycles. The van der Waals surface area contributed by atoms with Gasteiger partial charge in [0.15, 0.2) is 6.10 Å². The van der Waals surface area contributed by atoms with Gasteiger partial charge in [0.2, 0.25) is 0 Å². The first-order valence-corrected chi connectivity index (χ1v) is 22.3. The van der Waals surface area contributed by atoms with Crippen LogP contribution in [0.1, 0.15) is 194 Å². The maximum Gasteiger partial charge on any atom is 0.472 e. The van der Waals surface area contributed by atoms with Crippen molar-refractivity contribution in [2.75, 3.05) is 26.4 Å². The third-order valence-electron chi connectivity index (χ3n) is 8.84. The van der Waals surface area contributed by atoms with Crippen LogP contribution in [0.4, 0.5) is 0 Å². The normalized spacial score (nSPS) is 13.6. The summed E-state index contributed by atoms with van der Waals surface area (Å²) in [7, 11) is -4.37. The van der Waals surface area contributed by atoms with E-state index in [1.807, 2.05) is 0 Å². The summed E-state index contributed by atoms with van der Waals surface area (Å²) >= 11 is 0. The van der Waals surface area contributed by atoms with Crippen LogP contribution in [-0.2, 0) is 32.7 Å². The molecule has 0 aromatic rings. The van der Waals surface area contributed by atoms with E-state index in [0.29, 0.717) is 6.42 Å². The number of nitrogens with two attached hydrogens (primary N) is 1. The molecule has 0 aromatic heterocycles. The number of phosphoric acid groups is 1. The Labute approximate surface area is 312 Å². The highest BCUT2D eigenvalue weighted by Gasteiger charge is 2.26. The molecule has 0 rings (SSSR count). The van der Waals surface area contributed by atoms with Gasteiger partial charge in [0.25, 0.3) is 0 Å². The third-order valence-corrected chi connectivity index (χ3v) is 9.82. The zero-order chi connectivity index (χ0) is 37.5. The van der Waals surface area contributed by atoms with Crippen molar-refractivity contribution in [1.82, 2.24) is 0 Å². The summed E-state index contributed by atoms with van der Waals surface area (Å²) < 4.78 is 32.7. The number of unbranched alkanes of at least 4 members (excludes halogenated alkanes) is 22. The summed E-state index contributed by atoms with van der Waals surface area (Å²) in [6.45, 7) is 3.70. The van der Waals surface area contributed by atoms with Crippen molar-refractivity contribution in [1.29, 1.82) is 0 Å². The van der Waals surface area contributed by atoms with Crippen molar-refractivity contribution in [2.24, 2.45) is 5.73 Å². The molecule has 0 aliphatic heterocycles. The van der Waals surface area contributed by atoms with Gasteiger partial charge in [0.1, 0.15) is 6.61 Å². The highest BCUT2D eigenvalue weighted by atomic mass is 31.2. The van der Waals surface area contributed by atoms with Crippen molar-refractivity contribution in [3.05, 3.63) is 24.3 Å². The molecular weight excluding hydrogens is 665 g/mol. The summed E-state index contributed by atoms with van der Waals surface area (Å²) in [5.41, 5.74) is 5.34. The van der Waals surface area contributed by atoms with Gasteiger partial charge in [-0.05, 0) is 44.9 Å². The zero-order valence-electron chi connectivity index (χ0n) is 32.8. The summed E-state index contributed by atoms with van der Waals surface area (Å²) in [5, 5.41) is 0. The fourth-order valence-electron chi connectivity index (χ4n) is 5.72. The SMILES string of the molecule is CCCCC/C=C\C/C=C\CCCCCCCC(=O)OC[C@@H](COP(=O)(O)OCCN)OC(=O)CCCCCCCCCCCCCCCCC. The molecule has 300 valence electrons. The van der Waals surface area contributed by atoms with Gasteiger partial charge in [-0.3, -0.25) is 18.6 Å². The van der Waals surface area contributed by atoms with E-state index in [-0.39, 0.29) is 32.6 Å². The number of phosphoric ester groups is 1. The summed E-state index contributed by atoms with van der Waals surface area (Å²) in [5.74, 6) is -0.839. The number of hydrogen-bond donors (Lipinski definition) is 2. The molecule has 0 fully saturated rings. The van der Waals surface area contributed by atoms with E-state index in [9.17, 15) is 19.0 Å². The molecule has 0 amide bonds. The lowest BCUT2D eigenvalue weighted by Gasteiger charge is -2.19. The molecule has 51 heavy (non-hydrogen) atoms. The Kier molecular flexibility index (Phi) is 37.1. The molecule has 0 saturated carbocycles. The third kappa shape index (κ3) is 38.0. The van der Waals surface area contributed by atoms with Gasteiger partial charge in [0, 0.05) is 19.4 Å². The second kappa shape index (κ2) is 38.2. The molecule has 9 nitrogen and oxygen atoms in total. The minimum Gasteiger partial charge on any atom is -0.462 e. The average molecular weight is 744 g/mol. The van der Waals surface area contributed by atoms with Crippen molar-refractivity contribution in [3.63, 3.8) is 0 Å². The van der Waals surface area contributed by atoms with Gasteiger partial charge >= 0.3 is 19.8 Å². The van der Waals surface area contributed by atoms with Gasteiger partial charge in [-0.2, -0.15) is 0 Å². The van der Waals surface area contributed by atoms with Gasteiger partial charge in [-0.25, -0.2) is 4.57 Å². The molecule has 0 saturated heterocycles. The maximum absolute atomic E-state index is 12.6. The second-order valence-corrected chi connectivity index (χ2v) is 15.3. The minimum atomic E-state index is -4.37. The molecule has 0 aliphatic carbocycles. The fourth-order valence-corrected chi connectivity index (χ4v) is 6.49. The molecule has 2 atom stereocenters. The number of ether oxygens (including phenoxy) is 2. The predicted molar refractivity (Wildman–Crippen MR) is 211 cm³/mol. The van der Waals surface area contributed by atoms with Crippen LogP contribution in [0.2, 0.25) is 0 Å². The van der Waals surface area contributed by atoms with Crippen LogP contribution in [0, 0.1) is 0 Å². The summed E-state index contributed by atoms with van der Waals surface area (Å²) in [6, 6.07) is 0. The number of rotatable bonds is 39. The number of carbonyl (C=O) groups excluding carboxylic acids is 2. The van der Waals surface area contributed by atoms with Crippen LogP contribution in [0.15, 0.2) is 24.3 Å². The van der Waals surface area contributed by atoms with Crippen LogP contribution >= 0.6 is 7.82 Å². The van der Waals surface area contributed by atoms with Gasteiger partial charge in [0.05, 0.1) is 13.2 Å². The van der Waals surface area contributed by atoms with Gasteiger partial charge in [-0.1, -0.05) is 160 Å². The minimum absolute atomic E-state index is 0.0529. The monoisotopic (exact) mass is 744 g/mol. The van der Waals surface area contributed by atoms with Crippen LogP contribution in [0.25, 0.3) is 0 Å². The van der Waals surface area contributed by atoms with Crippen LogP contribution in [0.3, 0.4) is 0 Å². The smallest absolute Gasteiger partial charge is 0.462 e. The van der Waals surface area contributed by atoms with E-state index in [1.165, 1.54) is 103 Å². The molecule has 0 bridgehead atoms. The number of esters is 2. The number of carbonyl (C=O) groups is 2. The molecule has 3 N–H and O–H groups in total. The van der Waals surface area contributed by atoms with Crippen molar-refractivity contribution in [2.45, 2.75) is 200 Å². The molecule has 0 radical (unpaired) electrons. The Hall–Kier alpha value is -1.51. The van der Waals surface area contributed by atoms with Crippen molar-refractivity contribution in [3.8, 4) is 0 Å². The summed E-state index contributed by atoms with van der Waals surface area (Å²) in [6.07, 6.45) is 39.1. The van der Waals surface area contributed by atoms with E-state index in [1.54, 1.807) is 0 Å². The van der Waals surface area contributed by atoms with Crippen LogP contribution in [-0.4, -0.2) is 49.3 Å². The Bertz CT molecular complexity index is 897. The quantitative estimate of drug-likeness (QED) is 0.0273. The van der Waals surface area contributed by atoms with Crippen LogP contribution in [0.5, 0.6) is 0 Å². The van der Waals surface area contributed by atoms with E-state index < -0.39 is 32.5 Å². The van der Waals surface area contributed by atoms with Gasteiger partial charge < -0.3 is 20.1 Å². The first-order valence-electron chi connectivity index (χ1n) is 20.8. The van der Waals surface area contributed by atoms with Crippen molar-refractivity contribution >= 4 is 19.8 Å². The highest BCUT2D eigenvalue weighted by molar-refractivity contribution is 7.47. The lowest BCUT2D eigenvalue weighted by molar-refractivity contribution is -0.161. The first-order chi connectivity index (χ1) is 24.8. The largest absolute Gasteiger partial charge is 0.472 e. The predicted octanol–water partition coefficient (Wildman–Crippen LogP) is 11.6.